The van der Waals surface area contributed by atoms with Crippen molar-refractivity contribution in [2.24, 2.45) is 0 Å². The Kier molecular flexibility index (Phi) is 2.92. The van der Waals surface area contributed by atoms with Gasteiger partial charge in [0, 0.05) is 23.6 Å². The van der Waals surface area contributed by atoms with Crippen molar-refractivity contribution < 1.29 is 22.7 Å². The predicted molar refractivity (Wildman–Crippen MR) is 72.2 cm³/mol. The standard InChI is InChI=1S/C14H13F4N3O/c1-13(2)5-19-12-8(22)3-6(15)10(11(12)13)7-4-9(21-20-7)14(16,17)18/h3-4,19,22H,5H2,1-2H3,(H,20,21). The van der Waals surface area contributed by atoms with Crippen LogP contribution in [0.5, 0.6) is 5.75 Å². The van der Waals surface area contributed by atoms with Gasteiger partial charge in [-0.1, -0.05) is 13.8 Å². The van der Waals surface area contributed by atoms with Gasteiger partial charge in [-0.3, -0.25) is 5.10 Å². The number of rotatable bonds is 1. The van der Waals surface area contributed by atoms with Crippen LogP contribution >= 0.6 is 0 Å². The quantitative estimate of drug-likeness (QED) is 0.556. The van der Waals surface area contributed by atoms with E-state index in [2.05, 4.69) is 15.5 Å². The number of benzene rings is 1. The Labute approximate surface area is 123 Å². The van der Waals surface area contributed by atoms with E-state index in [1.54, 1.807) is 0 Å². The molecule has 0 saturated heterocycles. The monoisotopic (exact) mass is 315 g/mol. The van der Waals surface area contributed by atoms with Crippen LogP contribution in [-0.4, -0.2) is 21.8 Å². The van der Waals surface area contributed by atoms with Crippen LogP contribution in [0.3, 0.4) is 0 Å². The molecule has 118 valence electrons. The third-order valence-electron chi connectivity index (χ3n) is 3.78. The summed E-state index contributed by atoms with van der Waals surface area (Å²) < 4.78 is 52.4. The highest BCUT2D eigenvalue weighted by Crippen LogP contribution is 2.48. The maximum atomic E-state index is 14.3. The second kappa shape index (κ2) is 4.37. The molecule has 1 aromatic heterocycles. The zero-order chi connectivity index (χ0) is 16.3. The molecule has 8 heteroatoms. The van der Waals surface area contributed by atoms with Crippen LogP contribution in [0.4, 0.5) is 23.2 Å². The average Bonchev–Trinajstić information content (AvgIpc) is 2.95. The maximum absolute atomic E-state index is 14.3. The number of hydrogen-bond donors (Lipinski definition) is 3. The summed E-state index contributed by atoms with van der Waals surface area (Å²) in [7, 11) is 0. The lowest BCUT2D eigenvalue weighted by molar-refractivity contribution is -0.141. The smallest absolute Gasteiger partial charge is 0.435 e. The summed E-state index contributed by atoms with van der Waals surface area (Å²) in [6.07, 6.45) is -4.61. The van der Waals surface area contributed by atoms with Crippen molar-refractivity contribution in [3.63, 3.8) is 0 Å². The lowest BCUT2D eigenvalue weighted by Gasteiger charge is -2.21. The highest BCUT2D eigenvalue weighted by molar-refractivity contribution is 5.81. The minimum Gasteiger partial charge on any atom is -0.506 e. The Morgan fingerprint density at radius 3 is 2.55 bits per heavy atom. The van der Waals surface area contributed by atoms with Gasteiger partial charge >= 0.3 is 6.18 Å². The van der Waals surface area contributed by atoms with Gasteiger partial charge < -0.3 is 10.4 Å². The number of halogens is 4. The number of fused-ring (bicyclic) bond motifs is 1. The molecule has 1 aromatic carbocycles. The van der Waals surface area contributed by atoms with Gasteiger partial charge in [-0.15, -0.1) is 0 Å². The summed E-state index contributed by atoms with van der Waals surface area (Å²) in [5, 5.41) is 18.2. The summed E-state index contributed by atoms with van der Waals surface area (Å²) in [6.45, 7) is 4.07. The molecular formula is C14H13F4N3O. The lowest BCUT2D eigenvalue weighted by Crippen LogP contribution is -2.20. The van der Waals surface area contributed by atoms with Crippen LogP contribution in [0.2, 0.25) is 0 Å². The number of aromatic nitrogens is 2. The van der Waals surface area contributed by atoms with Crippen LogP contribution in [0.25, 0.3) is 11.3 Å². The summed E-state index contributed by atoms with van der Waals surface area (Å²) in [5.74, 6) is -1.07. The highest BCUT2D eigenvalue weighted by Gasteiger charge is 2.38. The first kappa shape index (κ1) is 14.7. The van der Waals surface area contributed by atoms with Gasteiger partial charge in [0.1, 0.15) is 11.6 Å². The molecule has 1 aliphatic heterocycles. The Morgan fingerprint density at radius 2 is 1.95 bits per heavy atom. The number of aromatic hydroxyl groups is 1. The minimum absolute atomic E-state index is 0.00852. The molecule has 22 heavy (non-hydrogen) atoms. The molecule has 2 aromatic rings. The molecule has 0 saturated carbocycles. The molecule has 4 nitrogen and oxygen atoms in total. The summed E-state index contributed by atoms with van der Waals surface area (Å²) in [4.78, 5) is 0. The van der Waals surface area contributed by atoms with E-state index in [4.69, 9.17) is 0 Å². The van der Waals surface area contributed by atoms with Crippen molar-refractivity contribution in [2.45, 2.75) is 25.4 Å². The van der Waals surface area contributed by atoms with E-state index < -0.39 is 23.1 Å². The van der Waals surface area contributed by atoms with E-state index >= 15 is 0 Å². The molecule has 0 radical (unpaired) electrons. The van der Waals surface area contributed by atoms with Crippen LogP contribution in [0.1, 0.15) is 25.1 Å². The molecule has 0 bridgehead atoms. The van der Waals surface area contributed by atoms with Gasteiger partial charge in [-0.25, -0.2) is 4.39 Å². The molecule has 3 rings (SSSR count). The lowest BCUT2D eigenvalue weighted by atomic mass is 9.82. The molecule has 3 N–H and O–H groups in total. The molecule has 0 amide bonds. The molecule has 1 aliphatic rings. The molecule has 0 spiro atoms. The number of hydrogen-bond acceptors (Lipinski definition) is 3. The van der Waals surface area contributed by atoms with Crippen molar-refractivity contribution in [1.82, 2.24) is 10.2 Å². The topological polar surface area (TPSA) is 60.9 Å². The van der Waals surface area contributed by atoms with E-state index in [1.165, 1.54) is 0 Å². The zero-order valence-corrected chi connectivity index (χ0v) is 11.8. The summed E-state index contributed by atoms with van der Waals surface area (Å²) in [6, 6.07) is 1.65. The van der Waals surface area contributed by atoms with Crippen LogP contribution < -0.4 is 5.32 Å². The SMILES string of the molecule is CC1(C)CNc2c(O)cc(F)c(-c3cc(C(F)(F)F)n[nH]3)c21. The van der Waals surface area contributed by atoms with Crippen molar-refractivity contribution in [2.75, 3.05) is 11.9 Å². The Hall–Kier alpha value is -2.25. The average molecular weight is 315 g/mol. The van der Waals surface area contributed by atoms with Crippen molar-refractivity contribution in [1.29, 1.82) is 0 Å². The van der Waals surface area contributed by atoms with Gasteiger partial charge in [0.25, 0.3) is 0 Å². The normalized spacial score (nSPS) is 16.5. The Bertz CT molecular complexity index is 749. The van der Waals surface area contributed by atoms with Gasteiger partial charge in [0.05, 0.1) is 11.4 Å². The van der Waals surface area contributed by atoms with E-state index in [0.717, 1.165) is 12.1 Å². The van der Waals surface area contributed by atoms with E-state index in [0.29, 0.717) is 17.8 Å². The van der Waals surface area contributed by atoms with Crippen molar-refractivity contribution in [3.8, 4) is 17.0 Å². The van der Waals surface area contributed by atoms with Gasteiger partial charge in [-0.05, 0) is 11.6 Å². The summed E-state index contributed by atoms with van der Waals surface area (Å²) in [5.41, 5.74) is -0.976. The molecule has 0 aliphatic carbocycles. The highest BCUT2D eigenvalue weighted by atomic mass is 19.4. The first-order valence-electron chi connectivity index (χ1n) is 6.54. The largest absolute Gasteiger partial charge is 0.506 e. The first-order valence-corrected chi connectivity index (χ1v) is 6.54. The van der Waals surface area contributed by atoms with E-state index in [1.807, 2.05) is 13.8 Å². The molecule has 0 fully saturated rings. The second-order valence-electron chi connectivity index (χ2n) is 5.90. The fraction of sp³-hybridized carbons (Fsp3) is 0.357. The second-order valence-corrected chi connectivity index (χ2v) is 5.90. The van der Waals surface area contributed by atoms with E-state index in [-0.39, 0.29) is 17.0 Å². The number of phenols is 1. The predicted octanol–water partition coefficient (Wildman–Crippen LogP) is 3.64. The Morgan fingerprint density at radius 1 is 1.27 bits per heavy atom. The van der Waals surface area contributed by atoms with Crippen LogP contribution in [0, 0.1) is 5.82 Å². The number of nitrogens with zero attached hydrogens (tertiary/aromatic N) is 1. The third-order valence-corrected chi connectivity index (χ3v) is 3.78. The molecule has 2 heterocycles. The van der Waals surface area contributed by atoms with Gasteiger partial charge in [-0.2, -0.15) is 18.3 Å². The number of nitrogens with one attached hydrogen (secondary N) is 2. The van der Waals surface area contributed by atoms with E-state index in [9.17, 15) is 22.7 Å². The number of anilines is 1. The molecule has 0 unspecified atom stereocenters. The van der Waals surface area contributed by atoms with Gasteiger partial charge in [0.15, 0.2) is 5.69 Å². The molecular weight excluding hydrogens is 302 g/mol. The fourth-order valence-corrected chi connectivity index (χ4v) is 2.75. The maximum Gasteiger partial charge on any atom is 0.435 e. The minimum atomic E-state index is -4.61. The first-order chi connectivity index (χ1) is 10.1. The zero-order valence-electron chi connectivity index (χ0n) is 11.8. The van der Waals surface area contributed by atoms with Crippen molar-refractivity contribution >= 4 is 5.69 Å². The number of alkyl halides is 3. The van der Waals surface area contributed by atoms with Gasteiger partial charge in [0.2, 0.25) is 0 Å². The fourth-order valence-electron chi connectivity index (χ4n) is 2.75. The third kappa shape index (κ3) is 2.10. The molecule has 0 atom stereocenters. The summed E-state index contributed by atoms with van der Waals surface area (Å²) >= 11 is 0. The van der Waals surface area contributed by atoms with Crippen molar-refractivity contribution in [3.05, 3.63) is 29.2 Å². The van der Waals surface area contributed by atoms with Crippen LogP contribution in [-0.2, 0) is 11.6 Å². The number of H-pyrrole nitrogens is 1. The number of aromatic amines is 1. The number of phenolic OH excluding ortho intramolecular Hbond substituents is 1. The Balaban J connectivity index is 2.24. The van der Waals surface area contributed by atoms with Crippen LogP contribution in [0.15, 0.2) is 12.1 Å².